The maximum Gasteiger partial charge on any atom is 0.308 e. The predicted octanol–water partition coefficient (Wildman–Crippen LogP) is 3.57. The monoisotopic (exact) mass is 224 g/mol. The number of carbonyl (C=O) groups excluding carboxylic acids is 1. The van der Waals surface area contributed by atoms with Gasteiger partial charge in [-0.05, 0) is 44.4 Å². The zero-order valence-electron chi connectivity index (χ0n) is 11.0. The molecular weight excluding hydrogens is 200 g/mol. The van der Waals surface area contributed by atoms with Crippen LogP contribution in [0.3, 0.4) is 0 Å². The Labute approximate surface area is 99.1 Å². The quantitative estimate of drug-likeness (QED) is 0.541. The van der Waals surface area contributed by atoms with E-state index in [1.54, 1.807) is 0 Å². The number of rotatable bonds is 3. The van der Waals surface area contributed by atoms with Crippen molar-refractivity contribution < 1.29 is 9.53 Å². The van der Waals surface area contributed by atoms with Gasteiger partial charge in [0.15, 0.2) is 0 Å². The maximum absolute atomic E-state index is 11.7. The van der Waals surface area contributed by atoms with Gasteiger partial charge in [0, 0.05) is 0 Å². The molecule has 0 radical (unpaired) electrons. The Balaban J connectivity index is 2.70. The highest BCUT2D eigenvalue weighted by molar-refractivity contribution is 5.72. The molecule has 1 aliphatic carbocycles. The Bertz CT molecular complexity index is 278. The molecule has 92 valence electrons. The number of allylic oxidation sites excluding steroid dienone is 1. The zero-order valence-corrected chi connectivity index (χ0v) is 11.0. The van der Waals surface area contributed by atoms with Crippen LogP contribution in [-0.2, 0) is 9.53 Å². The summed E-state index contributed by atoms with van der Waals surface area (Å²) >= 11 is 0. The molecule has 2 atom stereocenters. The van der Waals surface area contributed by atoms with Gasteiger partial charge in [0.2, 0.25) is 0 Å². The SMILES string of the molecule is C=C(C)[C@H]1C[C@H](C(=O)OCC)CCC1(C)C. The first-order valence-electron chi connectivity index (χ1n) is 6.20. The second-order valence-corrected chi connectivity index (χ2v) is 5.61. The number of hydrogen-bond acceptors (Lipinski definition) is 2. The van der Waals surface area contributed by atoms with Gasteiger partial charge in [0.05, 0.1) is 12.5 Å². The van der Waals surface area contributed by atoms with Crippen molar-refractivity contribution in [3.05, 3.63) is 12.2 Å². The molecule has 0 amide bonds. The van der Waals surface area contributed by atoms with Gasteiger partial charge >= 0.3 is 5.97 Å². The first-order chi connectivity index (χ1) is 7.38. The molecule has 1 fully saturated rings. The van der Waals surface area contributed by atoms with Crippen LogP contribution >= 0.6 is 0 Å². The third-order valence-corrected chi connectivity index (χ3v) is 3.82. The summed E-state index contributed by atoms with van der Waals surface area (Å²) in [5, 5.41) is 0. The second-order valence-electron chi connectivity index (χ2n) is 5.61. The smallest absolute Gasteiger partial charge is 0.308 e. The summed E-state index contributed by atoms with van der Waals surface area (Å²) < 4.78 is 5.11. The number of ether oxygens (including phenoxy) is 1. The largest absolute Gasteiger partial charge is 0.466 e. The fourth-order valence-corrected chi connectivity index (χ4v) is 2.78. The van der Waals surface area contributed by atoms with E-state index in [0.29, 0.717) is 12.5 Å². The fraction of sp³-hybridized carbons (Fsp3) is 0.786. The summed E-state index contributed by atoms with van der Waals surface area (Å²) in [6.07, 6.45) is 2.94. The fourth-order valence-electron chi connectivity index (χ4n) is 2.78. The van der Waals surface area contributed by atoms with E-state index in [1.165, 1.54) is 5.57 Å². The van der Waals surface area contributed by atoms with Crippen LogP contribution in [-0.4, -0.2) is 12.6 Å². The maximum atomic E-state index is 11.7. The van der Waals surface area contributed by atoms with Crippen molar-refractivity contribution in [2.24, 2.45) is 17.3 Å². The third kappa shape index (κ3) is 2.87. The summed E-state index contributed by atoms with van der Waals surface area (Å²) in [5.74, 6) is 0.495. The summed E-state index contributed by atoms with van der Waals surface area (Å²) in [4.78, 5) is 11.7. The Morgan fingerprint density at radius 2 is 2.12 bits per heavy atom. The molecule has 0 N–H and O–H groups in total. The highest BCUT2D eigenvalue weighted by Gasteiger charge is 2.39. The molecule has 16 heavy (non-hydrogen) atoms. The number of hydrogen-bond donors (Lipinski definition) is 0. The van der Waals surface area contributed by atoms with Crippen LogP contribution < -0.4 is 0 Å². The number of esters is 1. The van der Waals surface area contributed by atoms with Crippen molar-refractivity contribution >= 4 is 5.97 Å². The van der Waals surface area contributed by atoms with Gasteiger partial charge in [-0.1, -0.05) is 26.0 Å². The third-order valence-electron chi connectivity index (χ3n) is 3.82. The van der Waals surface area contributed by atoms with Gasteiger partial charge in [-0.3, -0.25) is 4.79 Å². The van der Waals surface area contributed by atoms with Crippen molar-refractivity contribution in [3.8, 4) is 0 Å². The lowest BCUT2D eigenvalue weighted by Crippen LogP contribution is -2.35. The minimum atomic E-state index is -0.0238. The van der Waals surface area contributed by atoms with E-state index in [9.17, 15) is 4.79 Å². The molecule has 0 heterocycles. The average molecular weight is 224 g/mol. The van der Waals surface area contributed by atoms with Gasteiger partial charge in [-0.2, -0.15) is 0 Å². The molecule has 1 aliphatic rings. The lowest BCUT2D eigenvalue weighted by Gasteiger charge is -2.41. The highest BCUT2D eigenvalue weighted by atomic mass is 16.5. The molecule has 2 heteroatoms. The minimum absolute atomic E-state index is 0.0238. The molecule has 1 rings (SSSR count). The molecule has 0 aromatic rings. The minimum Gasteiger partial charge on any atom is -0.466 e. The van der Waals surface area contributed by atoms with E-state index >= 15 is 0 Å². The highest BCUT2D eigenvalue weighted by Crippen LogP contribution is 2.46. The number of carbonyl (C=O) groups is 1. The molecular formula is C14H24O2. The first-order valence-corrected chi connectivity index (χ1v) is 6.20. The van der Waals surface area contributed by atoms with E-state index in [0.717, 1.165) is 19.3 Å². The Kier molecular flexibility index (Phi) is 4.17. The van der Waals surface area contributed by atoms with E-state index in [2.05, 4.69) is 27.4 Å². The van der Waals surface area contributed by atoms with Crippen LogP contribution in [0.15, 0.2) is 12.2 Å². The van der Waals surface area contributed by atoms with Crippen molar-refractivity contribution in [2.45, 2.75) is 47.0 Å². The topological polar surface area (TPSA) is 26.3 Å². The normalized spacial score (nSPS) is 28.5. The van der Waals surface area contributed by atoms with Crippen LogP contribution in [0.25, 0.3) is 0 Å². The van der Waals surface area contributed by atoms with Gasteiger partial charge in [-0.15, -0.1) is 0 Å². The van der Waals surface area contributed by atoms with Gasteiger partial charge in [-0.25, -0.2) is 0 Å². The molecule has 0 unspecified atom stereocenters. The summed E-state index contributed by atoms with van der Waals surface area (Å²) in [6.45, 7) is 13.0. The Hall–Kier alpha value is -0.790. The van der Waals surface area contributed by atoms with Crippen LogP contribution in [0.2, 0.25) is 0 Å². The van der Waals surface area contributed by atoms with Crippen molar-refractivity contribution in [3.63, 3.8) is 0 Å². The Morgan fingerprint density at radius 3 is 2.62 bits per heavy atom. The van der Waals surface area contributed by atoms with Crippen molar-refractivity contribution in [1.82, 2.24) is 0 Å². The molecule has 0 spiro atoms. The van der Waals surface area contributed by atoms with Crippen molar-refractivity contribution in [2.75, 3.05) is 6.61 Å². The Morgan fingerprint density at radius 1 is 1.50 bits per heavy atom. The van der Waals surface area contributed by atoms with E-state index in [4.69, 9.17) is 4.74 Å². The predicted molar refractivity (Wildman–Crippen MR) is 66.1 cm³/mol. The first kappa shape index (κ1) is 13.3. The van der Waals surface area contributed by atoms with Gasteiger partial charge < -0.3 is 4.74 Å². The van der Waals surface area contributed by atoms with Gasteiger partial charge in [0.25, 0.3) is 0 Å². The van der Waals surface area contributed by atoms with Gasteiger partial charge in [0.1, 0.15) is 0 Å². The lowest BCUT2D eigenvalue weighted by atomic mass is 9.63. The van der Waals surface area contributed by atoms with Crippen LogP contribution in [0, 0.1) is 17.3 Å². The molecule has 0 aliphatic heterocycles. The van der Waals surface area contributed by atoms with E-state index < -0.39 is 0 Å². The van der Waals surface area contributed by atoms with Crippen molar-refractivity contribution in [1.29, 1.82) is 0 Å². The van der Waals surface area contributed by atoms with Crippen LogP contribution in [0.5, 0.6) is 0 Å². The van der Waals surface area contributed by atoms with E-state index in [-0.39, 0.29) is 17.3 Å². The molecule has 2 nitrogen and oxygen atoms in total. The molecule has 0 aromatic heterocycles. The molecule has 0 saturated heterocycles. The molecule has 0 aromatic carbocycles. The molecule has 0 bridgehead atoms. The standard InChI is InChI=1S/C14H24O2/c1-6-16-13(15)11-7-8-14(4,5)12(9-11)10(2)3/h11-12H,2,6-9H2,1,3-5H3/t11-,12-/m1/s1. The molecule has 1 saturated carbocycles. The second kappa shape index (κ2) is 5.03. The average Bonchev–Trinajstić information content (AvgIpc) is 2.16. The summed E-state index contributed by atoms with van der Waals surface area (Å²) in [7, 11) is 0. The zero-order chi connectivity index (χ0) is 12.3. The van der Waals surface area contributed by atoms with Crippen LogP contribution in [0.1, 0.15) is 47.0 Å². The summed E-state index contributed by atoms with van der Waals surface area (Å²) in [6, 6.07) is 0. The summed E-state index contributed by atoms with van der Waals surface area (Å²) in [5.41, 5.74) is 1.47. The van der Waals surface area contributed by atoms with E-state index in [1.807, 2.05) is 6.92 Å². The van der Waals surface area contributed by atoms with Crippen LogP contribution in [0.4, 0.5) is 0 Å². The lowest BCUT2D eigenvalue weighted by molar-refractivity contribution is -0.150.